The average molecular weight is 1160 g/mol. The third-order valence-corrected chi connectivity index (χ3v) is 11.8. The van der Waals surface area contributed by atoms with Gasteiger partial charge in [0.2, 0.25) is 82.1 Å². The predicted octanol–water partition coefficient (Wildman–Crippen LogP) is -2.55. The largest absolute Gasteiger partial charge is 0.445 e. The highest BCUT2D eigenvalue weighted by molar-refractivity contribution is 5.98. The quantitative estimate of drug-likeness (QED) is 0.00524. The molecule has 10 atom stereocenters. The van der Waals surface area contributed by atoms with Crippen molar-refractivity contribution in [3.05, 3.63) is 65.0 Å². The van der Waals surface area contributed by atoms with Gasteiger partial charge < -0.3 is 84.1 Å². The van der Waals surface area contributed by atoms with Gasteiger partial charge in [-0.1, -0.05) is 71.4 Å². The summed E-state index contributed by atoms with van der Waals surface area (Å²) in [6.45, 7) is 5.90. The number of hydrogen-bond acceptors (Lipinski definition) is 16. The van der Waals surface area contributed by atoms with Crippen LogP contribution in [0.1, 0.15) is 72.8 Å². The van der Waals surface area contributed by atoms with E-state index < -0.39 is 181 Å². The van der Waals surface area contributed by atoms with Crippen molar-refractivity contribution in [1.82, 2.24) is 47.9 Å². The number of carbonyl (C=O) groups excluding carboxylic acids is 10. The van der Waals surface area contributed by atoms with E-state index in [0.717, 1.165) is 6.92 Å². The summed E-state index contributed by atoms with van der Waals surface area (Å²) in [7, 11) is 0. The molecule has 0 spiro atoms. The van der Waals surface area contributed by atoms with Gasteiger partial charge in [0.15, 0.2) is 12.1 Å². The van der Waals surface area contributed by atoms with Crippen LogP contribution in [0.5, 0.6) is 5.75 Å². The first-order valence-electron chi connectivity index (χ1n) is 25.1. The summed E-state index contributed by atoms with van der Waals surface area (Å²) >= 11 is 0. The lowest BCUT2D eigenvalue weighted by Crippen LogP contribution is -2.62. The number of aliphatic hydroxyl groups is 3. The van der Waals surface area contributed by atoms with E-state index in [-0.39, 0.29) is 37.7 Å². The summed E-state index contributed by atoms with van der Waals surface area (Å²) < 4.78 is 79.7. The molecular weight excluding hydrogens is 1090 g/mol. The minimum atomic E-state index is -2.61. The molecule has 2 aromatic carbocycles. The van der Waals surface area contributed by atoms with Crippen molar-refractivity contribution in [2.75, 3.05) is 26.2 Å². The summed E-state index contributed by atoms with van der Waals surface area (Å²) in [6, 6.07) is -3.52. The molecule has 9 amide bonds. The van der Waals surface area contributed by atoms with Gasteiger partial charge in [-0.05, 0) is 43.6 Å². The number of carbonyl (C=O) groups is 10. The fourth-order valence-electron chi connectivity index (χ4n) is 7.21. The van der Waals surface area contributed by atoms with E-state index in [1.165, 1.54) is 12.1 Å². The van der Waals surface area contributed by atoms with Gasteiger partial charge in [-0.15, -0.1) is 0 Å². The minimum absolute atomic E-state index is 0.0433. The first kappa shape index (κ1) is 68.8. The number of halogens is 5. The van der Waals surface area contributed by atoms with E-state index in [1.807, 2.05) is 35.1 Å². The molecule has 450 valence electrons. The number of alkyl carbamates (subject to hydrolysis) is 1. The van der Waals surface area contributed by atoms with E-state index >= 15 is 0 Å². The number of nitrogens with one attached hydrogen (secondary N) is 10. The van der Waals surface area contributed by atoms with Crippen molar-refractivity contribution >= 4 is 65.3 Å². The van der Waals surface area contributed by atoms with Gasteiger partial charge in [0, 0.05) is 19.0 Å². The van der Waals surface area contributed by atoms with E-state index in [4.69, 9.17) is 21.6 Å². The van der Waals surface area contributed by atoms with Crippen LogP contribution in [0.25, 0.3) is 0 Å². The first-order valence-corrected chi connectivity index (χ1v) is 25.1. The van der Waals surface area contributed by atoms with Crippen LogP contribution >= 0.6 is 0 Å². The number of hydrogen-bond donors (Lipinski definition) is 15. The summed E-state index contributed by atoms with van der Waals surface area (Å²) in [4.78, 5) is 132. The molecule has 0 bridgehead atoms. The van der Waals surface area contributed by atoms with Crippen LogP contribution in [-0.4, -0.2) is 155 Å². The Morgan fingerprint density at radius 1 is 0.642 bits per heavy atom. The smallest absolute Gasteiger partial charge is 0.408 e. The molecule has 2 rings (SSSR count). The third kappa shape index (κ3) is 22.1. The summed E-state index contributed by atoms with van der Waals surface area (Å²) in [5.74, 6) is -27.8. The summed E-state index contributed by atoms with van der Waals surface area (Å²) in [5, 5.41) is 58.3. The van der Waals surface area contributed by atoms with Gasteiger partial charge in [-0.3, -0.25) is 43.8 Å². The van der Waals surface area contributed by atoms with Crippen LogP contribution in [0.4, 0.5) is 26.7 Å². The van der Waals surface area contributed by atoms with Gasteiger partial charge in [0.25, 0.3) is 0 Å². The van der Waals surface area contributed by atoms with Crippen molar-refractivity contribution in [2.45, 2.75) is 122 Å². The van der Waals surface area contributed by atoms with Crippen LogP contribution in [0.15, 0.2) is 30.3 Å². The highest BCUT2D eigenvalue weighted by Gasteiger charge is 2.38. The lowest BCUT2D eigenvalue weighted by molar-refractivity contribution is -0.140. The Morgan fingerprint density at radius 2 is 1.21 bits per heavy atom. The van der Waals surface area contributed by atoms with Gasteiger partial charge in [0.05, 0.1) is 19.3 Å². The normalized spacial score (nSPS) is 14.8. The second-order valence-corrected chi connectivity index (χ2v) is 18.9. The zero-order valence-electron chi connectivity index (χ0n) is 44.9. The Morgan fingerprint density at radius 3 is 1.75 bits per heavy atom. The SMILES string of the molecule is CC[C@H](C)[C@H](NC(=O)C(CCCNC(=N)N)NC(=O)[C@@H](C)CC(C)C)C(=O)NC(C(=O)NCC(=O)N[C@H](C(=O)N[C@@H](CO)C(=O)NC[C@H](NC(=O)OCc1ccccc1)C(=O)Oc1c(F)c(F)c(F)c(F)c1F)[C@H](O)C(N)=O)[C@H](C)O. The molecule has 17 N–H and O–H groups in total. The number of rotatable bonds is 32. The van der Waals surface area contributed by atoms with E-state index in [1.54, 1.807) is 39.0 Å². The number of guanidine groups is 1. The molecule has 2 aromatic rings. The van der Waals surface area contributed by atoms with Crippen LogP contribution in [-0.2, 0) is 54.5 Å². The minimum Gasteiger partial charge on any atom is -0.445 e. The molecule has 0 aromatic heterocycles. The molecule has 2 unspecified atom stereocenters. The van der Waals surface area contributed by atoms with Crippen LogP contribution in [0.3, 0.4) is 0 Å². The Balaban J connectivity index is 2.25. The zero-order chi connectivity index (χ0) is 61.4. The zero-order valence-corrected chi connectivity index (χ0v) is 44.9. The monoisotopic (exact) mass is 1160 g/mol. The maximum Gasteiger partial charge on any atom is 0.408 e. The molecule has 0 saturated heterocycles. The number of ether oxygens (including phenoxy) is 2. The molecule has 0 aliphatic heterocycles. The lowest BCUT2D eigenvalue weighted by atomic mass is 9.96. The maximum atomic E-state index is 14.4. The second-order valence-electron chi connectivity index (χ2n) is 18.9. The van der Waals surface area contributed by atoms with Crippen molar-refractivity contribution < 1.29 is 94.7 Å². The van der Waals surface area contributed by atoms with Gasteiger partial charge in [-0.2, -0.15) is 8.78 Å². The number of amides is 9. The number of benzene rings is 2. The Bertz CT molecular complexity index is 2540. The van der Waals surface area contributed by atoms with Gasteiger partial charge in [-0.25, -0.2) is 22.8 Å². The maximum absolute atomic E-state index is 14.4. The number of aliphatic hydroxyl groups excluding tert-OH is 3. The molecule has 0 saturated carbocycles. The van der Waals surface area contributed by atoms with E-state index in [9.17, 15) is 85.2 Å². The molecule has 0 aliphatic carbocycles. The molecule has 0 aliphatic rings. The average Bonchev–Trinajstić information content (AvgIpc) is 3.43. The van der Waals surface area contributed by atoms with Gasteiger partial charge in [0.1, 0.15) is 42.9 Å². The first-order chi connectivity index (χ1) is 37.9. The number of nitrogens with two attached hydrogens (primary N) is 2. The molecule has 32 heteroatoms. The molecule has 27 nitrogen and oxygen atoms in total. The Hall–Kier alpha value is -8.26. The highest BCUT2D eigenvalue weighted by Crippen LogP contribution is 2.29. The van der Waals surface area contributed by atoms with Crippen molar-refractivity contribution in [1.29, 1.82) is 5.41 Å². The van der Waals surface area contributed by atoms with Crippen molar-refractivity contribution in [2.24, 2.45) is 29.2 Å². The second kappa shape index (κ2) is 33.4. The van der Waals surface area contributed by atoms with Crippen molar-refractivity contribution in [3.63, 3.8) is 0 Å². The number of esters is 1. The van der Waals surface area contributed by atoms with Crippen molar-refractivity contribution in [3.8, 4) is 5.75 Å². The topological polar surface area (TPSA) is 434 Å². The summed E-state index contributed by atoms with van der Waals surface area (Å²) in [5.41, 5.74) is 10.9. The highest BCUT2D eigenvalue weighted by atomic mass is 19.2. The lowest BCUT2D eigenvalue weighted by Gasteiger charge is -2.29. The standard InChI is InChI=1S/C49H69F5N12O15/c1-7-22(4)35(65-43(74)26(14-11-15-58-48(56)57)61-41(72)23(5)16-21(2)3)45(76)66-36(24(6)68)44(75)60-18-29(69)64-37(38(70)40(55)71)46(77)62-28(19-67)42(73)59-17-27(63-49(79)80-20-25-12-9-8-10-13-25)47(78)81-39-33(53)31(51)30(50)32(52)34(39)54/h8-10,12-13,21-24,26-28,35-38,67-68,70H,7,11,14-20H2,1-6H3,(H2,55,71)(H,59,73)(H,60,75)(H,61,72)(H,62,77)(H,63,79)(H,64,69)(H,65,74)(H,66,76)(H4,56,57,58)/t22-,23-,24-,26?,27-,28-,35-,36?,37-,38-/m0/s1. The van der Waals surface area contributed by atoms with Crippen LogP contribution in [0, 0.1) is 52.2 Å². The Labute approximate surface area is 460 Å². The molecule has 81 heavy (non-hydrogen) atoms. The molecule has 0 radical (unpaired) electrons. The number of primary amides is 1. The fourth-order valence-corrected chi connectivity index (χ4v) is 7.21. The fraction of sp³-hybridized carbons (Fsp3) is 0.531. The Kier molecular flexibility index (Phi) is 28.4. The summed E-state index contributed by atoms with van der Waals surface area (Å²) in [6.07, 6.45) is -4.69. The van der Waals surface area contributed by atoms with Crippen LogP contribution < -0.4 is 64.1 Å². The van der Waals surface area contributed by atoms with Crippen LogP contribution in [0.2, 0.25) is 0 Å². The molecule has 0 heterocycles. The molecular formula is C49H69F5N12O15. The van der Waals surface area contributed by atoms with E-state index in [2.05, 4.69) is 31.3 Å². The van der Waals surface area contributed by atoms with E-state index in [0.29, 0.717) is 12.0 Å². The van der Waals surface area contributed by atoms with Gasteiger partial charge >= 0.3 is 12.1 Å². The predicted molar refractivity (Wildman–Crippen MR) is 272 cm³/mol. The third-order valence-electron chi connectivity index (χ3n) is 11.8. The molecule has 0 fully saturated rings.